The van der Waals surface area contributed by atoms with Gasteiger partial charge in [0, 0.05) is 31.9 Å². The molecular weight excluding hydrogens is 531 g/mol. The summed E-state index contributed by atoms with van der Waals surface area (Å²) in [5.41, 5.74) is 2.20. The van der Waals surface area contributed by atoms with E-state index >= 15 is 0 Å². The first-order valence-corrected chi connectivity index (χ1v) is 10.6. The molecule has 33 heavy (non-hydrogen) atoms. The summed E-state index contributed by atoms with van der Waals surface area (Å²) in [7, 11) is 3.38. The molecule has 8 heteroatoms. The average molecular weight is 562 g/mol. The largest absolute Gasteiger partial charge is 0.497 e. The van der Waals surface area contributed by atoms with Gasteiger partial charge < -0.3 is 24.7 Å². The fraction of sp³-hybridized carbons (Fsp3) is 0.280. The highest BCUT2D eigenvalue weighted by Crippen LogP contribution is 2.19. The Bertz CT molecular complexity index is 1080. The van der Waals surface area contributed by atoms with Crippen LogP contribution < -0.4 is 25.7 Å². The van der Waals surface area contributed by atoms with Crippen LogP contribution in [0.2, 0.25) is 0 Å². The van der Waals surface area contributed by atoms with Crippen LogP contribution in [0.4, 0.5) is 0 Å². The first-order valence-electron chi connectivity index (χ1n) is 10.6. The number of nitrogens with one attached hydrogen (secondary N) is 2. The number of aliphatic imine (C=N–C) groups is 1. The Kier molecular flexibility index (Phi) is 10.8. The van der Waals surface area contributed by atoms with Crippen molar-refractivity contribution in [3.05, 3.63) is 94.4 Å². The van der Waals surface area contributed by atoms with Crippen LogP contribution >= 0.6 is 24.0 Å². The molecule has 2 N–H and O–H groups in total. The normalized spacial score (nSPS) is 11.8. The van der Waals surface area contributed by atoms with Gasteiger partial charge in [0.25, 0.3) is 5.56 Å². The molecule has 0 aliphatic rings. The smallest absolute Gasteiger partial charge is 0.250 e. The van der Waals surface area contributed by atoms with Crippen molar-refractivity contribution in [2.24, 2.45) is 4.99 Å². The summed E-state index contributed by atoms with van der Waals surface area (Å²) in [5, 5.41) is 6.59. The van der Waals surface area contributed by atoms with Crippen molar-refractivity contribution in [3.8, 4) is 11.5 Å². The predicted octanol–water partition coefficient (Wildman–Crippen LogP) is 3.66. The molecule has 1 unspecified atom stereocenters. The third-order valence-electron chi connectivity index (χ3n) is 4.89. The maximum atomic E-state index is 11.9. The molecule has 176 valence electrons. The first-order chi connectivity index (χ1) is 15.6. The van der Waals surface area contributed by atoms with Crippen LogP contribution in [0.3, 0.4) is 0 Å². The molecule has 1 heterocycles. The minimum absolute atomic E-state index is 0. The lowest BCUT2D eigenvalue weighted by molar-refractivity contribution is 0.223. The highest BCUT2D eigenvalue weighted by molar-refractivity contribution is 14.0. The van der Waals surface area contributed by atoms with Crippen LogP contribution in [0.15, 0.2) is 82.7 Å². The minimum atomic E-state index is -0.0543. The predicted molar refractivity (Wildman–Crippen MR) is 143 cm³/mol. The van der Waals surface area contributed by atoms with Gasteiger partial charge in [0.05, 0.1) is 20.2 Å². The zero-order valence-electron chi connectivity index (χ0n) is 19.2. The summed E-state index contributed by atoms with van der Waals surface area (Å²) in [5.74, 6) is 2.23. The summed E-state index contributed by atoms with van der Waals surface area (Å²) < 4.78 is 12.9. The molecule has 0 fully saturated rings. The number of aromatic nitrogens is 1. The number of hydrogen-bond donors (Lipinski definition) is 2. The maximum absolute atomic E-state index is 11.9. The fourth-order valence-electron chi connectivity index (χ4n) is 3.15. The van der Waals surface area contributed by atoms with E-state index in [1.54, 1.807) is 37.1 Å². The highest BCUT2D eigenvalue weighted by Gasteiger charge is 2.07. The summed E-state index contributed by atoms with van der Waals surface area (Å²) in [6.45, 7) is 3.79. The molecule has 0 bridgehead atoms. The highest BCUT2D eigenvalue weighted by atomic mass is 127. The number of rotatable bonds is 9. The van der Waals surface area contributed by atoms with E-state index < -0.39 is 0 Å². The summed E-state index contributed by atoms with van der Waals surface area (Å²) in [4.78, 5) is 16.1. The Hall–Kier alpha value is -3.01. The molecular formula is C25H31IN4O3. The van der Waals surface area contributed by atoms with E-state index in [1.807, 2.05) is 49.4 Å². The molecule has 1 aromatic heterocycles. The maximum Gasteiger partial charge on any atom is 0.250 e. The lowest BCUT2D eigenvalue weighted by Gasteiger charge is -2.18. The number of methoxy groups -OCH3 is 1. The second-order valence-corrected chi connectivity index (χ2v) is 7.40. The van der Waals surface area contributed by atoms with E-state index in [0.29, 0.717) is 25.6 Å². The second-order valence-electron chi connectivity index (χ2n) is 7.40. The van der Waals surface area contributed by atoms with Gasteiger partial charge in [-0.25, -0.2) is 0 Å². The van der Waals surface area contributed by atoms with Crippen molar-refractivity contribution < 1.29 is 9.47 Å². The quantitative estimate of drug-likeness (QED) is 0.237. The van der Waals surface area contributed by atoms with Gasteiger partial charge in [-0.1, -0.05) is 36.4 Å². The van der Waals surface area contributed by atoms with Crippen LogP contribution in [-0.2, 0) is 13.1 Å². The summed E-state index contributed by atoms with van der Waals surface area (Å²) in [6.07, 6.45) is 1.74. The van der Waals surface area contributed by atoms with Crippen molar-refractivity contribution in [3.63, 3.8) is 0 Å². The number of benzene rings is 2. The molecule has 0 spiro atoms. The van der Waals surface area contributed by atoms with E-state index in [4.69, 9.17) is 9.47 Å². The lowest BCUT2D eigenvalue weighted by atomic mass is 10.1. The zero-order valence-corrected chi connectivity index (χ0v) is 21.5. The third-order valence-corrected chi connectivity index (χ3v) is 4.89. The Balaban J connectivity index is 0.00000385. The number of guanidine groups is 1. The Morgan fingerprint density at radius 1 is 1.00 bits per heavy atom. The van der Waals surface area contributed by atoms with Crippen molar-refractivity contribution in [1.82, 2.24) is 15.2 Å². The molecule has 1 atom stereocenters. The lowest BCUT2D eigenvalue weighted by Crippen LogP contribution is -2.41. The molecule has 0 aliphatic heterocycles. The van der Waals surface area contributed by atoms with Gasteiger partial charge in [-0.2, -0.15) is 0 Å². The van der Waals surface area contributed by atoms with E-state index in [2.05, 4.69) is 27.8 Å². The molecule has 0 saturated heterocycles. The van der Waals surface area contributed by atoms with Gasteiger partial charge >= 0.3 is 0 Å². The van der Waals surface area contributed by atoms with Crippen LogP contribution in [0.5, 0.6) is 11.5 Å². The number of nitrogens with zero attached hydrogens (tertiary/aromatic N) is 2. The number of halogens is 1. The summed E-state index contributed by atoms with van der Waals surface area (Å²) in [6, 6.07) is 20.9. The standard InChI is InChI=1S/C25H30N4O3.HI/c1-19(32-23-8-6-7-22(15-23)31-3)16-27-25(26-2)28-17-20-10-12-21(13-11-20)18-29-14-5-4-9-24(29)30;/h4-15,19H,16-18H2,1-3H3,(H2,26,27,28);1H. The second kappa shape index (κ2) is 13.5. The van der Waals surface area contributed by atoms with Crippen LogP contribution in [-0.4, -0.2) is 37.3 Å². The van der Waals surface area contributed by atoms with Crippen molar-refractivity contribution in [1.29, 1.82) is 0 Å². The van der Waals surface area contributed by atoms with Gasteiger partial charge in [0.2, 0.25) is 0 Å². The number of hydrogen-bond acceptors (Lipinski definition) is 4. The van der Waals surface area contributed by atoms with E-state index in [-0.39, 0.29) is 35.6 Å². The van der Waals surface area contributed by atoms with Crippen LogP contribution in [0, 0.1) is 0 Å². The minimum Gasteiger partial charge on any atom is -0.497 e. The molecule has 3 rings (SSSR count). The molecule has 0 amide bonds. The molecule has 7 nitrogen and oxygen atoms in total. The zero-order chi connectivity index (χ0) is 22.8. The van der Waals surface area contributed by atoms with Crippen molar-refractivity contribution in [2.45, 2.75) is 26.1 Å². The first kappa shape index (κ1) is 26.2. The van der Waals surface area contributed by atoms with Crippen LogP contribution in [0.25, 0.3) is 0 Å². The SMILES string of the molecule is CN=C(NCc1ccc(Cn2ccccc2=O)cc1)NCC(C)Oc1cccc(OC)c1.I. The third kappa shape index (κ3) is 8.45. The van der Waals surface area contributed by atoms with E-state index in [9.17, 15) is 4.79 Å². The van der Waals surface area contributed by atoms with Crippen LogP contribution in [0.1, 0.15) is 18.1 Å². The average Bonchev–Trinajstić information content (AvgIpc) is 2.81. The molecule has 3 aromatic rings. The molecule has 2 aromatic carbocycles. The molecule has 0 saturated carbocycles. The van der Waals surface area contributed by atoms with Gasteiger partial charge in [0.1, 0.15) is 17.6 Å². The monoisotopic (exact) mass is 562 g/mol. The van der Waals surface area contributed by atoms with Gasteiger partial charge in [0.15, 0.2) is 5.96 Å². The molecule has 0 aliphatic carbocycles. The number of ether oxygens (including phenoxy) is 2. The van der Waals surface area contributed by atoms with Gasteiger partial charge in [-0.05, 0) is 36.2 Å². The van der Waals surface area contributed by atoms with Gasteiger partial charge in [-0.3, -0.25) is 9.79 Å². The topological polar surface area (TPSA) is 76.9 Å². The molecule has 0 radical (unpaired) electrons. The van der Waals surface area contributed by atoms with E-state index in [1.165, 1.54) is 0 Å². The Morgan fingerprint density at radius 2 is 1.73 bits per heavy atom. The van der Waals surface area contributed by atoms with E-state index in [0.717, 1.165) is 22.6 Å². The number of pyridine rings is 1. The fourth-order valence-corrected chi connectivity index (χ4v) is 3.15. The van der Waals surface area contributed by atoms with Crippen molar-refractivity contribution in [2.75, 3.05) is 20.7 Å². The summed E-state index contributed by atoms with van der Waals surface area (Å²) >= 11 is 0. The Labute approximate surface area is 211 Å². The van der Waals surface area contributed by atoms with Gasteiger partial charge in [-0.15, -0.1) is 24.0 Å². The Morgan fingerprint density at radius 3 is 2.42 bits per heavy atom. The van der Waals surface area contributed by atoms with Crippen molar-refractivity contribution >= 4 is 29.9 Å².